The zero-order chi connectivity index (χ0) is 16.8. The van der Waals surface area contributed by atoms with E-state index in [1.807, 2.05) is 51.1 Å². The van der Waals surface area contributed by atoms with Crippen LogP contribution in [-0.4, -0.2) is 37.6 Å². The summed E-state index contributed by atoms with van der Waals surface area (Å²) in [5.41, 5.74) is 1.49. The zero-order valence-electron chi connectivity index (χ0n) is 13.5. The second kappa shape index (κ2) is 10.1. The third kappa shape index (κ3) is 5.26. The van der Waals surface area contributed by atoms with E-state index in [9.17, 15) is 4.79 Å². The Bertz CT molecular complexity index is 686. The number of carbonyl (C=O) groups excluding carboxylic acids is 1. The van der Waals surface area contributed by atoms with Gasteiger partial charge in [0.05, 0.1) is 18.2 Å². The first-order valence-corrected chi connectivity index (χ1v) is 8.90. The van der Waals surface area contributed by atoms with Gasteiger partial charge in [0.25, 0.3) is 0 Å². The van der Waals surface area contributed by atoms with Crippen LogP contribution in [0.5, 0.6) is 11.5 Å². The van der Waals surface area contributed by atoms with Crippen LogP contribution in [-0.2, 0) is 0 Å². The molecule has 0 radical (unpaired) electrons. The van der Waals surface area contributed by atoms with E-state index < -0.39 is 0 Å². The third-order valence-corrected chi connectivity index (χ3v) is 4.74. The zero-order valence-corrected chi connectivity index (χ0v) is 15.2. The van der Waals surface area contributed by atoms with Crippen LogP contribution in [0.4, 0.5) is 0 Å². The summed E-state index contributed by atoms with van der Waals surface area (Å²) in [6.45, 7) is 6.86. The van der Waals surface area contributed by atoms with Gasteiger partial charge in [0.2, 0.25) is 0 Å². The van der Waals surface area contributed by atoms with Crippen molar-refractivity contribution in [1.82, 2.24) is 0 Å². The Morgan fingerprint density at radius 3 is 2.46 bits per heavy atom. The van der Waals surface area contributed by atoms with Crippen LogP contribution < -0.4 is 14.8 Å². The molecule has 0 saturated heterocycles. The molecule has 124 valence electrons. The van der Waals surface area contributed by atoms with Crippen LogP contribution in [0.1, 0.15) is 29.8 Å². The minimum absolute atomic E-state index is 0. The van der Waals surface area contributed by atoms with Crippen LogP contribution in [0.15, 0.2) is 36.4 Å². The Hall–Kier alpha value is -0.973. The standard InChI is InChI=1S/C18H20ClO3P.Li.H/c1-4-21-13-9-10-16(15(11-13)22-5-2)23-18(20)17-12(3)7-6-8-14(17)19;;/h6-11,23H,4-5H2,1-3H3;;. The van der Waals surface area contributed by atoms with Gasteiger partial charge in [-0.05, 0) is 53.1 Å². The molecule has 2 aromatic rings. The van der Waals surface area contributed by atoms with Crippen molar-refractivity contribution < 1.29 is 14.3 Å². The van der Waals surface area contributed by atoms with Crippen molar-refractivity contribution in [3.05, 3.63) is 52.5 Å². The molecule has 1 atom stereocenters. The second-order valence-electron chi connectivity index (χ2n) is 4.91. The summed E-state index contributed by atoms with van der Waals surface area (Å²) < 4.78 is 11.2. The molecule has 0 aliphatic rings. The summed E-state index contributed by atoms with van der Waals surface area (Å²) in [6, 6.07) is 11.1. The number of ether oxygens (including phenoxy) is 2. The van der Waals surface area contributed by atoms with E-state index in [2.05, 4.69) is 0 Å². The predicted molar refractivity (Wildman–Crippen MR) is 104 cm³/mol. The van der Waals surface area contributed by atoms with Crippen molar-refractivity contribution in [1.29, 1.82) is 0 Å². The van der Waals surface area contributed by atoms with E-state index in [4.69, 9.17) is 21.1 Å². The van der Waals surface area contributed by atoms with Gasteiger partial charge in [-0.1, -0.05) is 23.7 Å². The third-order valence-electron chi connectivity index (χ3n) is 3.26. The molecule has 0 fully saturated rings. The van der Waals surface area contributed by atoms with E-state index in [1.165, 1.54) is 0 Å². The van der Waals surface area contributed by atoms with Gasteiger partial charge < -0.3 is 9.47 Å². The summed E-state index contributed by atoms with van der Waals surface area (Å²) in [7, 11) is -0.0483. The van der Waals surface area contributed by atoms with E-state index in [-0.39, 0.29) is 33.0 Å². The number of halogens is 1. The van der Waals surface area contributed by atoms with E-state index in [1.54, 1.807) is 6.07 Å². The van der Waals surface area contributed by atoms with Crippen molar-refractivity contribution in [3.63, 3.8) is 0 Å². The summed E-state index contributed by atoms with van der Waals surface area (Å²) in [5, 5.41) is 1.35. The van der Waals surface area contributed by atoms with Gasteiger partial charge in [0.15, 0.2) is 5.52 Å². The van der Waals surface area contributed by atoms with Crippen molar-refractivity contribution >= 4 is 49.9 Å². The van der Waals surface area contributed by atoms with Crippen molar-refractivity contribution in [2.24, 2.45) is 0 Å². The molecular weight excluding hydrogens is 338 g/mol. The average molecular weight is 359 g/mol. The molecule has 3 nitrogen and oxygen atoms in total. The van der Waals surface area contributed by atoms with Crippen LogP contribution in [0, 0.1) is 6.92 Å². The maximum atomic E-state index is 12.7. The number of hydrogen-bond donors (Lipinski definition) is 0. The SMILES string of the molecule is CCOc1ccc(PC(=O)c2c(C)cccc2Cl)c(OCC)c1.[LiH]. The molecule has 0 aliphatic carbocycles. The Morgan fingerprint density at radius 1 is 1.12 bits per heavy atom. The fourth-order valence-electron chi connectivity index (χ4n) is 2.24. The maximum absolute atomic E-state index is 12.7. The van der Waals surface area contributed by atoms with Crippen molar-refractivity contribution in [2.45, 2.75) is 20.8 Å². The van der Waals surface area contributed by atoms with Gasteiger partial charge in [0.1, 0.15) is 11.5 Å². The molecule has 1 unspecified atom stereocenters. The van der Waals surface area contributed by atoms with E-state index in [0.717, 1.165) is 16.6 Å². The first-order valence-electron chi connectivity index (χ1n) is 7.52. The summed E-state index contributed by atoms with van der Waals surface area (Å²) in [5.74, 6) is 1.43. The van der Waals surface area contributed by atoms with Gasteiger partial charge in [-0.15, -0.1) is 0 Å². The molecule has 24 heavy (non-hydrogen) atoms. The van der Waals surface area contributed by atoms with Gasteiger partial charge in [-0.25, -0.2) is 0 Å². The molecule has 0 aromatic heterocycles. The van der Waals surface area contributed by atoms with Crippen LogP contribution in [0.25, 0.3) is 0 Å². The average Bonchev–Trinajstić information content (AvgIpc) is 2.50. The predicted octanol–water partition coefficient (Wildman–Crippen LogP) is 3.94. The topological polar surface area (TPSA) is 35.5 Å². The van der Waals surface area contributed by atoms with Gasteiger partial charge in [-0.3, -0.25) is 4.79 Å². The Balaban J connectivity index is 0.00000288. The Labute approximate surface area is 162 Å². The molecule has 0 amide bonds. The van der Waals surface area contributed by atoms with E-state index in [0.29, 0.717) is 29.5 Å². The molecule has 2 rings (SSSR count). The molecule has 0 N–H and O–H groups in total. The molecule has 2 aromatic carbocycles. The normalized spacial score (nSPS) is 10.5. The molecule has 0 spiro atoms. The Kier molecular flexibility index (Phi) is 8.88. The number of aryl methyl sites for hydroxylation is 1. The summed E-state index contributed by atoms with van der Waals surface area (Å²) in [4.78, 5) is 12.7. The molecule has 0 saturated carbocycles. The van der Waals surface area contributed by atoms with Gasteiger partial charge >= 0.3 is 18.9 Å². The molecule has 0 heterocycles. The number of hydrogen-bond acceptors (Lipinski definition) is 3. The number of rotatable bonds is 7. The van der Waals surface area contributed by atoms with Gasteiger partial charge in [-0.2, -0.15) is 0 Å². The van der Waals surface area contributed by atoms with Crippen LogP contribution in [0.2, 0.25) is 5.02 Å². The molecule has 6 heteroatoms. The van der Waals surface area contributed by atoms with Crippen LogP contribution in [0.3, 0.4) is 0 Å². The monoisotopic (exact) mass is 358 g/mol. The fourth-order valence-corrected chi connectivity index (χ4v) is 3.76. The fraction of sp³-hybridized carbons (Fsp3) is 0.278. The van der Waals surface area contributed by atoms with Crippen molar-refractivity contribution in [3.8, 4) is 11.5 Å². The first kappa shape index (κ1) is 21.1. The minimum atomic E-state index is -0.0483. The number of benzene rings is 2. The number of carbonyl (C=O) groups is 1. The van der Waals surface area contributed by atoms with E-state index >= 15 is 0 Å². The Morgan fingerprint density at radius 2 is 1.83 bits per heavy atom. The van der Waals surface area contributed by atoms with Gasteiger partial charge in [0, 0.05) is 16.9 Å². The first-order chi connectivity index (χ1) is 11.1. The second-order valence-corrected chi connectivity index (χ2v) is 6.56. The molecule has 0 bridgehead atoms. The van der Waals surface area contributed by atoms with Crippen LogP contribution >= 0.6 is 20.2 Å². The quantitative estimate of drug-likeness (QED) is 0.555. The molecular formula is C18H21ClLiO3P. The molecule has 0 aliphatic heterocycles. The summed E-state index contributed by atoms with van der Waals surface area (Å²) in [6.07, 6.45) is 0. The van der Waals surface area contributed by atoms with Crippen molar-refractivity contribution in [2.75, 3.05) is 13.2 Å². The summed E-state index contributed by atoms with van der Waals surface area (Å²) >= 11 is 6.19.